The SMILES string of the molecule is CCOC(=O)c1c(CC(C#N)(c2ccccc2)c2ccccc2)oc2ccc(OC)cc12. The van der Waals surface area contributed by atoms with Crippen molar-refractivity contribution >= 4 is 16.9 Å². The molecule has 0 bridgehead atoms. The molecule has 0 aliphatic rings. The maximum absolute atomic E-state index is 13.0. The van der Waals surface area contributed by atoms with Gasteiger partial charge in [0.1, 0.15) is 28.1 Å². The molecule has 0 saturated heterocycles. The lowest BCUT2D eigenvalue weighted by atomic mass is 9.72. The maximum atomic E-state index is 13.0. The Bertz CT molecular complexity index is 1230. The second-order valence-electron chi connectivity index (χ2n) is 7.41. The quantitative estimate of drug-likeness (QED) is 0.357. The summed E-state index contributed by atoms with van der Waals surface area (Å²) in [6.07, 6.45) is 0.169. The Kier molecular flexibility index (Phi) is 5.96. The minimum Gasteiger partial charge on any atom is -0.497 e. The molecule has 5 nitrogen and oxygen atoms in total. The van der Waals surface area contributed by atoms with Crippen LogP contribution < -0.4 is 4.74 Å². The van der Waals surface area contributed by atoms with Crippen molar-refractivity contribution < 1.29 is 18.7 Å². The lowest BCUT2D eigenvalue weighted by Crippen LogP contribution is -2.29. The summed E-state index contributed by atoms with van der Waals surface area (Å²) >= 11 is 0. The number of hydrogen-bond donors (Lipinski definition) is 0. The molecule has 0 unspecified atom stereocenters. The summed E-state index contributed by atoms with van der Waals surface area (Å²) in [5, 5.41) is 11.1. The fourth-order valence-corrected chi connectivity index (χ4v) is 4.03. The number of carbonyl (C=O) groups excluding carboxylic acids is 1. The van der Waals surface area contributed by atoms with E-state index in [1.54, 1.807) is 32.2 Å². The Hall–Kier alpha value is -4.04. The Morgan fingerprint density at radius 3 is 2.16 bits per heavy atom. The molecular weight excluding hydrogens is 402 g/mol. The van der Waals surface area contributed by atoms with Crippen molar-refractivity contribution in [3.8, 4) is 11.8 Å². The molecule has 0 aliphatic heterocycles. The molecule has 3 aromatic carbocycles. The number of carbonyl (C=O) groups is 1. The third-order valence-electron chi connectivity index (χ3n) is 5.60. The molecule has 0 atom stereocenters. The predicted octanol–water partition coefficient (Wildman–Crippen LogP) is 5.67. The highest BCUT2D eigenvalue weighted by Crippen LogP contribution is 2.39. The zero-order valence-corrected chi connectivity index (χ0v) is 18.0. The van der Waals surface area contributed by atoms with Crippen LogP contribution in [0.2, 0.25) is 0 Å². The van der Waals surface area contributed by atoms with Gasteiger partial charge in [0.15, 0.2) is 0 Å². The Morgan fingerprint density at radius 2 is 1.62 bits per heavy atom. The number of benzene rings is 3. The third-order valence-corrected chi connectivity index (χ3v) is 5.60. The van der Waals surface area contributed by atoms with Gasteiger partial charge >= 0.3 is 5.97 Å². The van der Waals surface area contributed by atoms with Crippen molar-refractivity contribution in [3.05, 3.63) is 101 Å². The van der Waals surface area contributed by atoms with Crippen LogP contribution in [0.25, 0.3) is 11.0 Å². The summed E-state index contributed by atoms with van der Waals surface area (Å²) in [5.41, 5.74) is 1.45. The number of furan rings is 1. The number of rotatable bonds is 7. The number of nitriles is 1. The van der Waals surface area contributed by atoms with Crippen LogP contribution in [0.1, 0.15) is 34.2 Å². The highest BCUT2D eigenvalue weighted by molar-refractivity contribution is 6.05. The van der Waals surface area contributed by atoms with Crippen LogP contribution in [-0.4, -0.2) is 19.7 Å². The normalized spacial score (nSPS) is 11.2. The second kappa shape index (κ2) is 8.99. The number of methoxy groups -OCH3 is 1. The van der Waals surface area contributed by atoms with Crippen LogP contribution in [0.3, 0.4) is 0 Å². The molecule has 32 heavy (non-hydrogen) atoms. The summed E-state index contributed by atoms with van der Waals surface area (Å²) in [5.74, 6) is 0.525. The van der Waals surface area contributed by atoms with Crippen molar-refractivity contribution in [2.24, 2.45) is 0 Å². The van der Waals surface area contributed by atoms with Crippen LogP contribution in [-0.2, 0) is 16.6 Å². The summed E-state index contributed by atoms with van der Waals surface area (Å²) in [4.78, 5) is 13.0. The zero-order valence-electron chi connectivity index (χ0n) is 18.0. The first-order valence-electron chi connectivity index (χ1n) is 10.4. The average molecular weight is 425 g/mol. The van der Waals surface area contributed by atoms with E-state index in [2.05, 4.69) is 6.07 Å². The van der Waals surface area contributed by atoms with Crippen LogP contribution >= 0.6 is 0 Å². The van der Waals surface area contributed by atoms with Crippen LogP contribution in [0, 0.1) is 11.3 Å². The number of nitrogens with zero attached hydrogens (tertiary/aromatic N) is 1. The molecule has 160 valence electrons. The zero-order chi connectivity index (χ0) is 22.6. The molecule has 0 fully saturated rings. The van der Waals surface area contributed by atoms with E-state index in [1.165, 1.54) is 0 Å². The summed E-state index contributed by atoms with van der Waals surface area (Å²) in [6.45, 7) is 1.99. The first-order valence-corrected chi connectivity index (χ1v) is 10.4. The van der Waals surface area contributed by atoms with E-state index in [9.17, 15) is 10.1 Å². The fraction of sp³-hybridized carbons (Fsp3) is 0.185. The third kappa shape index (κ3) is 3.72. The maximum Gasteiger partial charge on any atom is 0.342 e. The first kappa shape index (κ1) is 21.2. The van der Waals surface area contributed by atoms with Gasteiger partial charge in [-0.2, -0.15) is 5.26 Å². The van der Waals surface area contributed by atoms with Gasteiger partial charge in [0.05, 0.1) is 19.8 Å². The molecule has 0 spiro atoms. The van der Waals surface area contributed by atoms with E-state index in [0.29, 0.717) is 28.0 Å². The number of ether oxygens (including phenoxy) is 2. The van der Waals surface area contributed by atoms with Gasteiger partial charge in [0.2, 0.25) is 0 Å². The van der Waals surface area contributed by atoms with Crippen molar-refractivity contribution in [2.75, 3.05) is 13.7 Å². The largest absolute Gasteiger partial charge is 0.497 e. The van der Waals surface area contributed by atoms with E-state index in [0.717, 1.165) is 11.1 Å². The van der Waals surface area contributed by atoms with Gasteiger partial charge in [-0.3, -0.25) is 0 Å². The molecule has 4 rings (SSSR count). The molecule has 1 aromatic heterocycles. The standard InChI is InChI=1S/C27H23NO4/c1-3-31-26(29)25-22-16-21(30-2)14-15-23(22)32-24(25)17-27(18-28,19-10-6-4-7-11-19)20-12-8-5-9-13-20/h4-16H,3,17H2,1-2H3. The van der Waals surface area contributed by atoms with Gasteiger partial charge in [-0.1, -0.05) is 60.7 Å². The molecule has 0 radical (unpaired) electrons. The Labute approximate surface area is 186 Å². The second-order valence-corrected chi connectivity index (χ2v) is 7.41. The molecule has 0 aliphatic carbocycles. The average Bonchev–Trinajstić information content (AvgIpc) is 3.20. The monoisotopic (exact) mass is 425 g/mol. The Morgan fingerprint density at radius 1 is 1.00 bits per heavy atom. The van der Waals surface area contributed by atoms with Gasteiger partial charge in [-0.05, 0) is 36.2 Å². The van der Waals surface area contributed by atoms with Crippen LogP contribution in [0.5, 0.6) is 5.75 Å². The van der Waals surface area contributed by atoms with Crippen LogP contribution in [0.4, 0.5) is 0 Å². The van der Waals surface area contributed by atoms with Gasteiger partial charge in [-0.25, -0.2) is 4.79 Å². The lowest BCUT2D eigenvalue weighted by molar-refractivity contribution is 0.0525. The van der Waals surface area contributed by atoms with Crippen molar-refractivity contribution in [3.63, 3.8) is 0 Å². The fourth-order valence-electron chi connectivity index (χ4n) is 4.03. The van der Waals surface area contributed by atoms with E-state index in [1.807, 2.05) is 60.7 Å². The molecule has 5 heteroatoms. The van der Waals surface area contributed by atoms with Gasteiger partial charge in [0.25, 0.3) is 0 Å². The van der Waals surface area contributed by atoms with Crippen molar-refractivity contribution in [2.45, 2.75) is 18.8 Å². The topological polar surface area (TPSA) is 72.5 Å². The summed E-state index contributed by atoms with van der Waals surface area (Å²) < 4.78 is 16.8. The van der Waals surface area contributed by atoms with Gasteiger partial charge in [-0.15, -0.1) is 0 Å². The summed E-state index contributed by atoms with van der Waals surface area (Å²) in [6, 6.07) is 26.9. The van der Waals surface area contributed by atoms with Crippen molar-refractivity contribution in [1.29, 1.82) is 5.26 Å². The smallest absolute Gasteiger partial charge is 0.342 e. The van der Waals surface area contributed by atoms with E-state index in [4.69, 9.17) is 13.9 Å². The number of esters is 1. The van der Waals surface area contributed by atoms with Crippen LogP contribution in [0.15, 0.2) is 83.3 Å². The van der Waals surface area contributed by atoms with Gasteiger partial charge < -0.3 is 13.9 Å². The molecule has 0 amide bonds. The highest BCUT2D eigenvalue weighted by Gasteiger charge is 2.38. The first-order chi connectivity index (χ1) is 15.6. The lowest BCUT2D eigenvalue weighted by Gasteiger charge is -2.27. The molecular formula is C27H23NO4. The molecule has 0 N–H and O–H groups in total. The molecule has 0 saturated carbocycles. The number of fused-ring (bicyclic) bond motifs is 1. The minimum atomic E-state index is -1.05. The molecule has 1 heterocycles. The molecule has 4 aromatic rings. The highest BCUT2D eigenvalue weighted by atomic mass is 16.5. The summed E-state index contributed by atoms with van der Waals surface area (Å²) in [7, 11) is 1.57. The Balaban J connectivity index is 1.95. The van der Waals surface area contributed by atoms with E-state index in [-0.39, 0.29) is 13.0 Å². The predicted molar refractivity (Wildman–Crippen MR) is 122 cm³/mol. The van der Waals surface area contributed by atoms with Crippen molar-refractivity contribution in [1.82, 2.24) is 0 Å². The minimum absolute atomic E-state index is 0.169. The van der Waals surface area contributed by atoms with Gasteiger partial charge in [0, 0.05) is 11.8 Å². The van der Waals surface area contributed by atoms with E-state index < -0.39 is 11.4 Å². The van der Waals surface area contributed by atoms with E-state index >= 15 is 0 Å². The number of hydrogen-bond acceptors (Lipinski definition) is 5.